The van der Waals surface area contributed by atoms with Gasteiger partial charge in [-0.15, -0.1) is 0 Å². The summed E-state index contributed by atoms with van der Waals surface area (Å²) in [7, 11) is 0. The van der Waals surface area contributed by atoms with Gasteiger partial charge in [0.1, 0.15) is 5.82 Å². The normalized spacial score (nSPS) is 11.4. The van der Waals surface area contributed by atoms with Crippen molar-refractivity contribution in [1.29, 1.82) is 0 Å². The second-order valence-corrected chi connectivity index (χ2v) is 4.74. The molecule has 0 aliphatic heterocycles. The van der Waals surface area contributed by atoms with Gasteiger partial charge in [-0.3, -0.25) is 5.43 Å². The minimum Gasteiger partial charge on any atom is -0.278 e. The van der Waals surface area contributed by atoms with Crippen LogP contribution in [0.2, 0.25) is 0 Å². The highest BCUT2D eigenvalue weighted by Gasteiger charge is 1.98. The summed E-state index contributed by atoms with van der Waals surface area (Å²) in [5, 5.41) is 4.25. The van der Waals surface area contributed by atoms with E-state index in [0.29, 0.717) is 0 Å². The maximum absolute atomic E-state index is 12.8. The Hall–Kier alpha value is -1.68. The van der Waals surface area contributed by atoms with E-state index in [1.807, 2.05) is 31.2 Å². The molecular formula is C14H12BrFN2. The number of hydrogen-bond acceptors (Lipinski definition) is 2. The molecule has 0 spiro atoms. The highest BCUT2D eigenvalue weighted by Crippen LogP contribution is 2.14. The molecule has 0 fully saturated rings. The summed E-state index contributed by atoms with van der Waals surface area (Å²) in [6.45, 7) is 1.87. The van der Waals surface area contributed by atoms with Crippen LogP contribution in [0.15, 0.2) is 58.1 Å². The molecule has 2 aromatic carbocycles. The van der Waals surface area contributed by atoms with Gasteiger partial charge in [0.25, 0.3) is 0 Å². The Morgan fingerprint density at radius 1 is 1.06 bits per heavy atom. The van der Waals surface area contributed by atoms with Gasteiger partial charge in [-0.1, -0.05) is 28.1 Å². The average molecular weight is 307 g/mol. The van der Waals surface area contributed by atoms with E-state index >= 15 is 0 Å². The van der Waals surface area contributed by atoms with Crippen LogP contribution < -0.4 is 5.43 Å². The zero-order chi connectivity index (χ0) is 13.0. The lowest BCUT2D eigenvalue weighted by Gasteiger charge is -2.03. The quantitative estimate of drug-likeness (QED) is 0.658. The average Bonchev–Trinajstić information content (AvgIpc) is 2.38. The highest BCUT2D eigenvalue weighted by atomic mass is 79.9. The standard InChI is InChI=1S/C14H12BrFN2/c1-10(11-2-6-13(16)7-3-11)17-18-14-8-4-12(15)5-9-14/h2-9,18H,1H3/b17-10+. The molecule has 0 amide bonds. The largest absolute Gasteiger partial charge is 0.278 e. The smallest absolute Gasteiger partial charge is 0.123 e. The topological polar surface area (TPSA) is 24.4 Å². The lowest BCUT2D eigenvalue weighted by Crippen LogP contribution is -1.99. The molecular weight excluding hydrogens is 295 g/mol. The van der Waals surface area contributed by atoms with E-state index in [2.05, 4.69) is 26.5 Å². The molecule has 4 heteroatoms. The van der Waals surface area contributed by atoms with Crippen LogP contribution in [0.4, 0.5) is 10.1 Å². The summed E-state index contributed by atoms with van der Waals surface area (Å²) in [6.07, 6.45) is 0. The van der Waals surface area contributed by atoms with Crippen molar-refractivity contribution in [3.8, 4) is 0 Å². The van der Waals surface area contributed by atoms with Crippen LogP contribution in [0.25, 0.3) is 0 Å². The van der Waals surface area contributed by atoms with Crippen LogP contribution in [0.3, 0.4) is 0 Å². The lowest BCUT2D eigenvalue weighted by molar-refractivity contribution is 0.628. The molecule has 0 aliphatic carbocycles. The zero-order valence-corrected chi connectivity index (χ0v) is 11.4. The minimum atomic E-state index is -0.243. The Balaban J connectivity index is 2.09. The van der Waals surface area contributed by atoms with E-state index in [4.69, 9.17) is 0 Å². The van der Waals surface area contributed by atoms with E-state index in [-0.39, 0.29) is 5.82 Å². The summed E-state index contributed by atoms with van der Waals surface area (Å²) in [5.74, 6) is -0.243. The number of nitrogens with zero attached hydrogens (tertiary/aromatic N) is 1. The molecule has 0 aromatic heterocycles. The summed E-state index contributed by atoms with van der Waals surface area (Å²) in [6, 6.07) is 14.0. The highest BCUT2D eigenvalue weighted by molar-refractivity contribution is 9.10. The van der Waals surface area contributed by atoms with E-state index in [1.54, 1.807) is 12.1 Å². The zero-order valence-electron chi connectivity index (χ0n) is 9.82. The molecule has 2 nitrogen and oxygen atoms in total. The van der Waals surface area contributed by atoms with Crippen molar-refractivity contribution in [2.75, 3.05) is 5.43 Å². The van der Waals surface area contributed by atoms with Crippen LogP contribution in [0.5, 0.6) is 0 Å². The molecule has 92 valence electrons. The second-order valence-electron chi connectivity index (χ2n) is 3.82. The van der Waals surface area contributed by atoms with Crippen LogP contribution in [0, 0.1) is 5.82 Å². The van der Waals surface area contributed by atoms with Crippen LogP contribution >= 0.6 is 15.9 Å². The van der Waals surface area contributed by atoms with Crippen molar-refractivity contribution in [3.05, 3.63) is 64.4 Å². The predicted octanol–water partition coefficient (Wildman–Crippen LogP) is 4.42. The van der Waals surface area contributed by atoms with Gasteiger partial charge in [-0.2, -0.15) is 5.10 Å². The van der Waals surface area contributed by atoms with Crippen molar-refractivity contribution in [2.45, 2.75) is 6.92 Å². The van der Waals surface area contributed by atoms with E-state index in [9.17, 15) is 4.39 Å². The summed E-state index contributed by atoms with van der Waals surface area (Å²) in [4.78, 5) is 0. The Morgan fingerprint density at radius 3 is 2.28 bits per heavy atom. The monoisotopic (exact) mass is 306 g/mol. The van der Waals surface area contributed by atoms with Crippen molar-refractivity contribution in [2.24, 2.45) is 5.10 Å². The number of hydrazone groups is 1. The van der Waals surface area contributed by atoms with Crippen molar-refractivity contribution >= 4 is 27.3 Å². The van der Waals surface area contributed by atoms with E-state index < -0.39 is 0 Å². The summed E-state index contributed by atoms with van der Waals surface area (Å²) in [5.41, 5.74) is 5.55. The fourth-order valence-electron chi connectivity index (χ4n) is 1.43. The van der Waals surface area contributed by atoms with Gasteiger partial charge >= 0.3 is 0 Å². The third-order valence-corrected chi connectivity index (χ3v) is 2.99. The number of rotatable bonds is 3. The maximum Gasteiger partial charge on any atom is 0.123 e. The van der Waals surface area contributed by atoms with Crippen molar-refractivity contribution < 1.29 is 4.39 Å². The first-order valence-corrected chi connectivity index (χ1v) is 6.26. The van der Waals surface area contributed by atoms with Crippen LogP contribution in [-0.4, -0.2) is 5.71 Å². The summed E-state index contributed by atoms with van der Waals surface area (Å²) >= 11 is 3.37. The Labute approximate surface area is 114 Å². The first-order chi connectivity index (χ1) is 8.65. The molecule has 0 unspecified atom stereocenters. The minimum absolute atomic E-state index is 0.243. The van der Waals surface area contributed by atoms with Gasteiger partial charge in [0.2, 0.25) is 0 Å². The molecule has 0 bridgehead atoms. The summed E-state index contributed by atoms with van der Waals surface area (Å²) < 4.78 is 13.8. The fourth-order valence-corrected chi connectivity index (χ4v) is 1.69. The maximum atomic E-state index is 12.8. The lowest BCUT2D eigenvalue weighted by atomic mass is 10.1. The Bertz CT molecular complexity index is 547. The van der Waals surface area contributed by atoms with Gasteiger partial charge in [-0.25, -0.2) is 4.39 Å². The van der Waals surface area contributed by atoms with E-state index in [1.165, 1.54) is 12.1 Å². The molecule has 1 N–H and O–H groups in total. The number of benzene rings is 2. The van der Waals surface area contributed by atoms with Crippen LogP contribution in [-0.2, 0) is 0 Å². The number of nitrogens with one attached hydrogen (secondary N) is 1. The number of anilines is 1. The molecule has 18 heavy (non-hydrogen) atoms. The predicted molar refractivity (Wildman–Crippen MR) is 76.4 cm³/mol. The molecule has 0 aliphatic rings. The van der Waals surface area contributed by atoms with Crippen LogP contribution in [0.1, 0.15) is 12.5 Å². The molecule has 0 heterocycles. The molecule has 2 aromatic rings. The second kappa shape index (κ2) is 5.78. The Morgan fingerprint density at radius 2 is 1.67 bits per heavy atom. The SMILES string of the molecule is C/C(=N\Nc1ccc(Br)cc1)c1ccc(F)cc1. The first-order valence-electron chi connectivity index (χ1n) is 5.47. The van der Waals surface area contributed by atoms with Gasteiger partial charge in [-0.05, 0) is 48.9 Å². The molecule has 2 rings (SSSR count). The number of halogens is 2. The fraction of sp³-hybridized carbons (Fsp3) is 0.0714. The Kier molecular flexibility index (Phi) is 4.10. The first kappa shape index (κ1) is 12.8. The third kappa shape index (κ3) is 3.40. The van der Waals surface area contributed by atoms with Gasteiger partial charge in [0, 0.05) is 4.47 Å². The third-order valence-electron chi connectivity index (χ3n) is 2.46. The van der Waals surface area contributed by atoms with Gasteiger partial charge in [0.05, 0.1) is 11.4 Å². The van der Waals surface area contributed by atoms with Gasteiger partial charge < -0.3 is 0 Å². The molecule has 0 atom stereocenters. The molecule has 0 saturated carbocycles. The van der Waals surface area contributed by atoms with Gasteiger partial charge in [0.15, 0.2) is 0 Å². The van der Waals surface area contributed by atoms with E-state index in [0.717, 1.165) is 21.4 Å². The van der Waals surface area contributed by atoms with Crippen molar-refractivity contribution in [3.63, 3.8) is 0 Å². The van der Waals surface area contributed by atoms with Crippen molar-refractivity contribution in [1.82, 2.24) is 0 Å². The molecule has 0 radical (unpaired) electrons. The molecule has 0 saturated heterocycles. The number of hydrogen-bond donors (Lipinski definition) is 1.